The van der Waals surface area contributed by atoms with Gasteiger partial charge in [-0.05, 0) is 36.8 Å². The monoisotopic (exact) mass is 442 g/mol. The number of carbonyl (C=O) groups is 1. The second-order valence-corrected chi connectivity index (χ2v) is 6.49. The molecule has 5 nitrogen and oxygen atoms in total. The quantitative estimate of drug-likeness (QED) is 0.319. The van der Waals surface area contributed by atoms with Crippen molar-refractivity contribution in [3.63, 3.8) is 0 Å². The van der Waals surface area contributed by atoms with Crippen molar-refractivity contribution in [1.29, 1.82) is 0 Å². The fourth-order valence-electron chi connectivity index (χ4n) is 3.07. The zero-order chi connectivity index (χ0) is 16.2. The largest absolute Gasteiger partial charge is 0.356 e. The molecule has 1 aliphatic carbocycles. The number of para-hydroxylation sites is 1. The molecule has 2 unspecified atom stereocenters. The fourth-order valence-corrected chi connectivity index (χ4v) is 3.07. The van der Waals surface area contributed by atoms with Crippen molar-refractivity contribution < 1.29 is 4.79 Å². The maximum absolute atomic E-state index is 12.4. The van der Waals surface area contributed by atoms with E-state index >= 15 is 0 Å². The first kappa shape index (κ1) is 19.0. The minimum atomic E-state index is 0. The Morgan fingerprint density at radius 2 is 2.12 bits per heavy atom. The fraction of sp³-hybridized carbons (Fsp3) is 0.556. The molecule has 3 rings (SSSR count). The van der Waals surface area contributed by atoms with Gasteiger partial charge in [-0.3, -0.25) is 9.79 Å². The van der Waals surface area contributed by atoms with Gasteiger partial charge < -0.3 is 15.5 Å². The highest BCUT2D eigenvalue weighted by atomic mass is 127. The van der Waals surface area contributed by atoms with Crippen molar-refractivity contribution in [2.24, 2.45) is 10.9 Å². The van der Waals surface area contributed by atoms with Crippen molar-refractivity contribution in [1.82, 2.24) is 10.6 Å². The molecule has 1 aromatic carbocycles. The highest BCUT2D eigenvalue weighted by Crippen LogP contribution is 2.29. The Hall–Kier alpha value is -1.31. The number of hydrogen-bond acceptors (Lipinski definition) is 2. The van der Waals surface area contributed by atoms with E-state index in [0.717, 1.165) is 43.5 Å². The van der Waals surface area contributed by atoms with Crippen molar-refractivity contribution in [3.05, 3.63) is 29.8 Å². The maximum Gasteiger partial charge on any atom is 0.227 e. The normalized spacial score (nSPS) is 21.8. The number of hydrogen-bond donors (Lipinski definition) is 2. The lowest BCUT2D eigenvalue weighted by atomic mass is 10.2. The minimum absolute atomic E-state index is 0. The summed E-state index contributed by atoms with van der Waals surface area (Å²) < 4.78 is 0. The molecule has 1 aliphatic heterocycles. The molecule has 1 heterocycles. The first-order valence-electron chi connectivity index (χ1n) is 8.54. The summed E-state index contributed by atoms with van der Waals surface area (Å²) in [6, 6.07) is 8.75. The van der Waals surface area contributed by atoms with E-state index in [9.17, 15) is 4.79 Å². The van der Waals surface area contributed by atoms with Crippen LogP contribution in [0.5, 0.6) is 0 Å². The van der Waals surface area contributed by atoms with Gasteiger partial charge in [-0.15, -0.1) is 24.0 Å². The van der Waals surface area contributed by atoms with Gasteiger partial charge in [0.1, 0.15) is 0 Å². The summed E-state index contributed by atoms with van der Waals surface area (Å²) in [6.07, 6.45) is 3.57. The molecule has 0 bridgehead atoms. The Labute approximate surface area is 161 Å². The lowest BCUT2D eigenvalue weighted by Gasteiger charge is -2.17. The summed E-state index contributed by atoms with van der Waals surface area (Å²) in [4.78, 5) is 18.6. The Kier molecular flexibility index (Phi) is 6.89. The summed E-state index contributed by atoms with van der Waals surface area (Å²) in [5.41, 5.74) is 2.37. The number of anilines is 1. The van der Waals surface area contributed by atoms with Crippen LogP contribution in [0.25, 0.3) is 0 Å². The first-order chi connectivity index (χ1) is 11.2. The number of benzene rings is 1. The molecule has 1 saturated carbocycles. The van der Waals surface area contributed by atoms with E-state index < -0.39 is 0 Å². The van der Waals surface area contributed by atoms with Gasteiger partial charge in [0.25, 0.3) is 0 Å². The van der Waals surface area contributed by atoms with Crippen LogP contribution in [-0.2, 0) is 11.2 Å². The first-order valence-corrected chi connectivity index (χ1v) is 8.54. The Morgan fingerprint density at radius 3 is 2.83 bits per heavy atom. The van der Waals surface area contributed by atoms with E-state index in [4.69, 9.17) is 0 Å². The number of halogens is 1. The second kappa shape index (κ2) is 8.69. The maximum atomic E-state index is 12.4. The number of nitrogens with zero attached hydrogens (tertiary/aromatic N) is 2. The molecule has 0 radical (unpaired) electrons. The molecule has 24 heavy (non-hydrogen) atoms. The van der Waals surface area contributed by atoms with Crippen LogP contribution in [0, 0.1) is 5.92 Å². The molecule has 1 fully saturated rings. The lowest BCUT2D eigenvalue weighted by molar-refractivity contribution is -0.118. The van der Waals surface area contributed by atoms with Crippen molar-refractivity contribution in [3.8, 4) is 0 Å². The van der Waals surface area contributed by atoms with Crippen LogP contribution < -0.4 is 15.5 Å². The van der Waals surface area contributed by atoms with E-state index in [1.165, 1.54) is 12.0 Å². The standard InChI is InChI=1S/C18H26N4O.HI/c1-13-12-15(13)21-18(19-2)20-10-5-8-17(23)22-11-9-14-6-3-4-7-16(14)22;/h3-4,6-7,13,15H,5,8-12H2,1-2H3,(H2,19,20,21);1H. The zero-order valence-electron chi connectivity index (χ0n) is 14.4. The van der Waals surface area contributed by atoms with Crippen molar-refractivity contribution >= 4 is 41.5 Å². The van der Waals surface area contributed by atoms with Gasteiger partial charge in [-0.25, -0.2) is 0 Å². The number of rotatable bonds is 5. The molecule has 0 aromatic heterocycles. The Balaban J connectivity index is 0.00000208. The van der Waals surface area contributed by atoms with Crippen LogP contribution in [0.15, 0.2) is 29.3 Å². The molecule has 2 aliphatic rings. The topological polar surface area (TPSA) is 56.7 Å². The zero-order valence-corrected chi connectivity index (χ0v) is 16.7. The molecule has 2 atom stereocenters. The van der Waals surface area contributed by atoms with Gasteiger partial charge in [0, 0.05) is 38.3 Å². The highest BCUT2D eigenvalue weighted by molar-refractivity contribution is 14.0. The summed E-state index contributed by atoms with van der Waals surface area (Å²) in [5, 5.41) is 6.68. The van der Waals surface area contributed by atoms with Gasteiger partial charge in [0.2, 0.25) is 5.91 Å². The molecule has 0 spiro atoms. The number of aliphatic imine (C=N–C) groups is 1. The van der Waals surface area contributed by atoms with Crippen LogP contribution in [-0.4, -0.2) is 38.0 Å². The van der Waals surface area contributed by atoms with E-state index in [0.29, 0.717) is 12.5 Å². The summed E-state index contributed by atoms with van der Waals surface area (Å²) in [5.74, 6) is 1.80. The van der Waals surface area contributed by atoms with E-state index in [1.54, 1.807) is 7.05 Å². The molecule has 132 valence electrons. The molecular formula is C18H27IN4O. The number of guanidine groups is 1. The molecule has 1 amide bonds. The smallest absolute Gasteiger partial charge is 0.227 e. The lowest BCUT2D eigenvalue weighted by Crippen LogP contribution is -2.39. The molecule has 2 N–H and O–H groups in total. The van der Waals surface area contributed by atoms with Crippen LogP contribution in [0.1, 0.15) is 31.7 Å². The third kappa shape index (κ3) is 4.62. The predicted molar refractivity (Wildman–Crippen MR) is 109 cm³/mol. The number of fused-ring (bicyclic) bond motifs is 1. The molecule has 0 saturated heterocycles. The molecule has 6 heteroatoms. The third-order valence-corrected chi connectivity index (χ3v) is 4.70. The number of carbonyl (C=O) groups excluding carboxylic acids is 1. The van der Waals surface area contributed by atoms with Gasteiger partial charge in [0.15, 0.2) is 5.96 Å². The Bertz CT molecular complexity index is 604. The van der Waals surface area contributed by atoms with E-state index in [-0.39, 0.29) is 29.9 Å². The van der Waals surface area contributed by atoms with E-state index in [1.807, 2.05) is 23.1 Å². The summed E-state index contributed by atoms with van der Waals surface area (Å²) >= 11 is 0. The third-order valence-electron chi connectivity index (χ3n) is 4.70. The molecular weight excluding hydrogens is 415 g/mol. The average Bonchev–Trinajstić information content (AvgIpc) is 3.09. The Morgan fingerprint density at radius 1 is 1.38 bits per heavy atom. The van der Waals surface area contributed by atoms with Crippen LogP contribution in [0.2, 0.25) is 0 Å². The minimum Gasteiger partial charge on any atom is -0.356 e. The molecule has 1 aromatic rings. The van der Waals surface area contributed by atoms with Gasteiger partial charge in [-0.1, -0.05) is 25.1 Å². The van der Waals surface area contributed by atoms with Crippen LogP contribution in [0.3, 0.4) is 0 Å². The predicted octanol–water partition coefficient (Wildman–Crippen LogP) is 2.55. The number of nitrogens with one attached hydrogen (secondary N) is 2. The SMILES string of the molecule is CN=C(NCCCC(=O)N1CCc2ccccc21)NC1CC1C.I. The average molecular weight is 442 g/mol. The van der Waals surface area contributed by atoms with Crippen LogP contribution >= 0.6 is 24.0 Å². The van der Waals surface area contributed by atoms with Crippen molar-refractivity contribution in [2.75, 3.05) is 25.0 Å². The van der Waals surface area contributed by atoms with Crippen LogP contribution in [0.4, 0.5) is 5.69 Å². The summed E-state index contributed by atoms with van der Waals surface area (Å²) in [7, 11) is 1.79. The second-order valence-electron chi connectivity index (χ2n) is 6.49. The van der Waals surface area contributed by atoms with Gasteiger partial charge in [-0.2, -0.15) is 0 Å². The highest BCUT2D eigenvalue weighted by Gasteiger charge is 2.33. The van der Waals surface area contributed by atoms with Crippen molar-refractivity contribution in [2.45, 2.75) is 38.6 Å². The van der Waals surface area contributed by atoms with Gasteiger partial charge >= 0.3 is 0 Å². The van der Waals surface area contributed by atoms with Gasteiger partial charge in [0.05, 0.1) is 0 Å². The van der Waals surface area contributed by atoms with E-state index in [2.05, 4.69) is 28.6 Å². The number of amides is 1. The summed E-state index contributed by atoms with van der Waals surface area (Å²) in [6.45, 7) is 3.81.